The van der Waals surface area contributed by atoms with E-state index < -0.39 is 11.6 Å². The fraction of sp³-hybridized carbons (Fsp3) is 0.609. The van der Waals surface area contributed by atoms with E-state index >= 15 is 0 Å². The molecule has 1 aliphatic carbocycles. The Morgan fingerprint density at radius 1 is 1.19 bits per heavy atom. The number of carbonyl (C=O) groups is 3. The van der Waals surface area contributed by atoms with Gasteiger partial charge < -0.3 is 15.4 Å². The molecular weight excluding hydrogens is 396 g/mol. The molecular formula is C23H32N4O4. The molecule has 168 valence electrons. The highest BCUT2D eigenvalue weighted by atomic mass is 16.5. The van der Waals surface area contributed by atoms with Crippen molar-refractivity contribution in [2.24, 2.45) is 5.92 Å². The van der Waals surface area contributed by atoms with Crippen molar-refractivity contribution in [2.75, 3.05) is 32.8 Å². The number of urea groups is 1. The number of ether oxygens (including phenoxy) is 1. The van der Waals surface area contributed by atoms with Gasteiger partial charge in [0.1, 0.15) is 12.1 Å². The van der Waals surface area contributed by atoms with Gasteiger partial charge in [-0.1, -0.05) is 44.0 Å². The first-order valence-corrected chi connectivity index (χ1v) is 11.3. The molecule has 0 bridgehead atoms. The van der Waals surface area contributed by atoms with Crippen LogP contribution < -0.4 is 10.6 Å². The molecule has 2 atom stereocenters. The molecule has 1 aromatic rings. The van der Waals surface area contributed by atoms with Crippen LogP contribution in [0.3, 0.4) is 0 Å². The summed E-state index contributed by atoms with van der Waals surface area (Å²) < 4.78 is 5.41. The SMILES string of the molecule is C[C@H]1CCCC[C@]12NC(=O)N(CC(=O)NCc1ccccc1CN1CCOCC1)C2=O. The molecule has 2 aliphatic heterocycles. The average molecular weight is 429 g/mol. The van der Waals surface area contributed by atoms with Gasteiger partial charge in [0.05, 0.1) is 13.2 Å². The van der Waals surface area contributed by atoms with Crippen LogP contribution in [0.1, 0.15) is 43.7 Å². The number of carbonyl (C=O) groups excluding carboxylic acids is 3. The van der Waals surface area contributed by atoms with Crippen molar-refractivity contribution in [1.29, 1.82) is 0 Å². The molecule has 2 N–H and O–H groups in total. The first kappa shape index (κ1) is 21.8. The summed E-state index contributed by atoms with van der Waals surface area (Å²) in [4.78, 5) is 41.5. The van der Waals surface area contributed by atoms with Crippen LogP contribution in [-0.4, -0.2) is 66.0 Å². The topological polar surface area (TPSA) is 91.0 Å². The minimum absolute atomic E-state index is 0.0813. The highest BCUT2D eigenvalue weighted by Crippen LogP contribution is 2.38. The maximum absolute atomic E-state index is 13.0. The van der Waals surface area contributed by atoms with Gasteiger partial charge in [-0.05, 0) is 29.9 Å². The van der Waals surface area contributed by atoms with Crippen LogP contribution in [0.2, 0.25) is 0 Å². The maximum Gasteiger partial charge on any atom is 0.325 e. The van der Waals surface area contributed by atoms with Crippen LogP contribution in [0.4, 0.5) is 4.79 Å². The number of nitrogens with one attached hydrogen (secondary N) is 2. The van der Waals surface area contributed by atoms with Gasteiger partial charge >= 0.3 is 6.03 Å². The molecule has 2 heterocycles. The summed E-state index contributed by atoms with van der Waals surface area (Å²) in [5.41, 5.74) is 1.37. The predicted octanol–water partition coefficient (Wildman–Crippen LogP) is 1.64. The number of morpholine rings is 1. The Kier molecular flexibility index (Phi) is 6.57. The van der Waals surface area contributed by atoms with Crippen LogP contribution in [0.5, 0.6) is 0 Å². The molecule has 4 amide bonds. The van der Waals surface area contributed by atoms with E-state index in [-0.39, 0.29) is 24.3 Å². The van der Waals surface area contributed by atoms with Gasteiger partial charge in [0.25, 0.3) is 5.91 Å². The Balaban J connectivity index is 1.34. The van der Waals surface area contributed by atoms with E-state index in [9.17, 15) is 14.4 Å². The molecule has 0 aromatic heterocycles. The third-order valence-electron chi connectivity index (χ3n) is 6.90. The molecule has 4 rings (SSSR count). The Labute approximate surface area is 183 Å². The van der Waals surface area contributed by atoms with Crippen LogP contribution in [0.25, 0.3) is 0 Å². The zero-order valence-electron chi connectivity index (χ0n) is 18.2. The average Bonchev–Trinajstić information content (AvgIpc) is 3.01. The summed E-state index contributed by atoms with van der Waals surface area (Å²) in [7, 11) is 0. The summed E-state index contributed by atoms with van der Waals surface area (Å²) in [6, 6.07) is 7.57. The minimum Gasteiger partial charge on any atom is -0.379 e. The van der Waals surface area contributed by atoms with E-state index in [4.69, 9.17) is 4.74 Å². The van der Waals surface area contributed by atoms with Gasteiger partial charge in [0, 0.05) is 26.2 Å². The lowest BCUT2D eigenvalue weighted by atomic mass is 9.73. The first-order chi connectivity index (χ1) is 15.0. The third-order valence-corrected chi connectivity index (χ3v) is 6.90. The van der Waals surface area contributed by atoms with Gasteiger partial charge in [-0.2, -0.15) is 0 Å². The normalized spacial score (nSPS) is 26.9. The second kappa shape index (κ2) is 9.36. The van der Waals surface area contributed by atoms with E-state index in [1.54, 1.807) is 0 Å². The first-order valence-electron chi connectivity index (χ1n) is 11.3. The van der Waals surface area contributed by atoms with E-state index in [1.165, 1.54) is 0 Å². The van der Waals surface area contributed by atoms with Crippen LogP contribution in [0.15, 0.2) is 24.3 Å². The van der Waals surface area contributed by atoms with Gasteiger partial charge in [-0.25, -0.2) is 4.79 Å². The van der Waals surface area contributed by atoms with Crippen molar-refractivity contribution < 1.29 is 19.1 Å². The molecule has 1 spiro atoms. The summed E-state index contributed by atoms with van der Waals surface area (Å²) in [6.07, 6.45) is 3.53. The summed E-state index contributed by atoms with van der Waals surface area (Å²) in [6.45, 7) is 6.21. The molecule has 1 saturated carbocycles. The van der Waals surface area contributed by atoms with E-state index in [2.05, 4.69) is 21.6 Å². The molecule has 3 fully saturated rings. The standard InChI is InChI=1S/C23H32N4O4/c1-17-6-4-5-9-23(17)21(29)27(22(30)25-23)16-20(28)24-14-18-7-2-3-8-19(18)15-26-10-12-31-13-11-26/h2-3,7-8,17H,4-6,9-16H2,1H3,(H,24,28)(H,25,30)/t17-,23-/m0/s1. The number of benzene rings is 1. The fourth-order valence-corrected chi connectivity index (χ4v) is 4.92. The predicted molar refractivity (Wildman–Crippen MR) is 115 cm³/mol. The summed E-state index contributed by atoms with van der Waals surface area (Å²) >= 11 is 0. The molecule has 2 saturated heterocycles. The van der Waals surface area contributed by atoms with E-state index in [0.717, 1.165) is 68.1 Å². The quantitative estimate of drug-likeness (QED) is 0.672. The second-order valence-electron chi connectivity index (χ2n) is 8.87. The van der Waals surface area contributed by atoms with Crippen LogP contribution in [-0.2, 0) is 27.4 Å². The molecule has 8 nitrogen and oxygen atoms in total. The summed E-state index contributed by atoms with van der Waals surface area (Å²) in [5, 5.41) is 5.79. The number of imide groups is 1. The number of amides is 4. The zero-order chi connectivity index (χ0) is 21.8. The van der Waals surface area contributed by atoms with Crippen molar-refractivity contribution >= 4 is 17.8 Å². The Morgan fingerprint density at radius 3 is 2.68 bits per heavy atom. The summed E-state index contributed by atoms with van der Waals surface area (Å²) in [5.74, 6) is -0.504. The maximum atomic E-state index is 13.0. The largest absolute Gasteiger partial charge is 0.379 e. The fourth-order valence-electron chi connectivity index (χ4n) is 4.92. The molecule has 8 heteroatoms. The van der Waals surface area contributed by atoms with Gasteiger partial charge in [-0.15, -0.1) is 0 Å². The second-order valence-corrected chi connectivity index (χ2v) is 8.87. The van der Waals surface area contributed by atoms with Crippen molar-refractivity contribution in [2.45, 2.75) is 51.2 Å². The Hall–Kier alpha value is -2.45. The molecule has 31 heavy (non-hydrogen) atoms. The van der Waals surface area contributed by atoms with Gasteiger partial charge in [0.2, 0.25) is 5.91 Å². The number of rotatable bonds is 6. The monoisotopic (exact) mass is 428 g/mol. The van der Waals surface area contributed by atoms with Crippen LogP contribution >= 0.6 is 0 Å². The molecule has 0 unspecified atom stereocenters. The number of nitrogens with zero attached hydrogens (tertiary/aromatic N) is 2. The molecule has 1 aromatic carbocycles. The Morgan fingerprint density at radius 2 is 1.94 bits per heavy atom. The minimum atomic E-state index is -0.833. The van der Waals surface area contributed by atoms with Gasteiger partial charge in [0.15, 0.2) is 0 Å². The highest BCUT2D eigenvalue weighted by molar-refractivity contribution is 6.09. The lowest BCUT2D eigenvalue weighted by molar-refractivity contribution is -0.137. The van der Waals surface area contributed by atoms with Gasteiger partial charge in [-0.3, -0.25) is 19.4 Å². The number of hydrogen-bond acceptors (Lipinski definition) is 5. The zero-order valence-corrected chi connectivity index (χ0v) is 18.2. The molecule has 0 radical (unpaired) electrons. The third kappa shape index (κ3) is 4.60. The van der Waals surface area contributed by atoms with Crippen molar-refractivity contribution in [3.8, 4) is 0 Å². The lowest BCUT2D eigenvalue weighted by Crippen LogP contribution is -2.54. The highest BCUT2D eigenvalue weighted by Gasteiger charge is 2.55. The Bertz CT molecular complexity index is 839. The number of hydrogen-bond donors (Lipinski definition) is 2. The smallest absolute Gasteiger partial charge is 0.325 e. The van der Waals surface area contributed by atoms with Crippen molar-refractivity contribution in [3.05, 3.63) is 35.4 Å². The lowest BCUT2D eigenvalue weighted by Gasteiger charge is -2.36. The van der Waals surface area contributed by atoms with Crippen molar-refractivity contribution in [3.63, 3.8) is 0 Å². The van der Waals surface area contributed by atoms with Crippen LogP contribution in [0, 0.1) is 5.92 Å². The van der Waals surface area contributed by atoms with E-state index in [1.807, 2.05) is 25.1 Å². The van der Waals surface area contributed by atoms with Crippen molar-refractivity contribution in [1.82, 2.24) is 20.4 Å². The van der Waals surface area contributed by atoms with E-state index in [0.29, 0.717) is 13.0 Å². The molecule has 3 aliphatic rings.